The van der Waals surface area contributed by atoms with Gasteiger partial charge in [0.2, 0.25) is 5.95 Å². The summed E-state index contributed by atoms with van der Waals surface area (Å²) in [6.07, 6.45) is 2.78. The number of nitrogens with zero attached hydrogens (tertiary/aromatic N) is 2. The largest absolute Gasteiger partial charge is 0.417 e. The van der Waals surface area contributed by atoms with Crippen LogP contribution in [0.15, 0.2) is 33.8 Å². The number of nitrogens with one attached hydrogen (secondary N) is 1. The molecule has 0 aromatic carbocycles. The average molecular weight is 223 g/mol. The molecule has 16 heavy (non-hydrogen) atoms. The molecule has 6 heteroatoms. The second-order valence-corrected chi connectivity index (χ2v) is 3.38. The van der Waals surface area contributed by atoms with E-state index in [9.17, 15) is 9.18 Å². The summed E-state index contributed by atoms with van der Waals surface area (Å²) in [7, 11) is 1.78. The van der Waals surface area contributed by atoms with Gasteiger partial charge in [-0.25, -0.2) is 9.78 Å². The lowest BCUT2D eigenvalue weighted by Gasteiger charge is -2.15. The number of H-pyrrole nitrogens is 1. The Balaban J connectivity index is 2.10. The van der Waals surface area contributed by atoms with Crippen LogP contribution in [0.3, 0.4) is 0 Å². The summed E-state index contributed by atoms with van der Waals surface area (Å²) in [5.74, 6) is -0.448. The Morgan fingerprint density at radius 2 is 2.38 bits per heavy atom. The van der Waals surface area contributed by atoms with Gasteiger partial charge in [-0.3, -0.25) is 4.98 Å². The van der Waals surface area contributed by atoms with E-state index in [0.29, 0.717) is 12.4 Å². The maximum absolute atomic E-state index is 12.6. The predicted molar refractivity (Wildman–Crippen MR) is 55.6 cm³/mol. The molecule has 0 bridgehead atoms. The molecule has 84 valence electrons. The maximum atomic E-state index is 12.6. The van der Waals surface area contributed by atoms with Crippen LogP contribution in [0.5, 0.6) is 0 Å². The molecule has 2 aromatic rings. The van der Waals surface area contributed by atoms with Gasteiger partial charge in [-0.05, 0) is 11.6 Å². The van der Waals surface area contributed by atoms with Crippen LogP contribution in [0.1, 0.15) is 5.56 Å². The van der Waals surface area contributed by atoms with Gasteiger partial charge in [0.15, 0.2) is 0 Å². The van der Waals surface area contributed by atoms with Gasteiger partial charge >= 0.3 is 5.76 Å². The molecule has 0 saturated heterocycles. The van der Waals surface area contributed by atoms with E-state index in [1.807, 2.05) is 0 Å². The minimum Gasteiger partial charge on any atom is -0.414 e. The molecule has 5 nitrogen and oxygen atoms in total. The lowest BCUT2D eigenvalue weighted by molar-refractivity contribution is 0.515. The lowest BCUT2D eigenvalue weighted by atomic mass is 10.3. The van der Waals surface area contributed by atoms with Crippen LogP contribution >= 0.6 is 0 Å². The van der Waals surface area contributed by atoms with Gasteiger partial charge in [0, 0.05) is 19.8 Å². The molecule has 2 aromatic heterocycles. The highest BCUT2D eigenvalue weighted by atomic mass is 19.1. The Morgan fingerprint density at radius 3 is 2.94 bits per heavy atom. The van der Waals surface area contributed by atoms with E-state index in [-0.39, 0.29) is 0 Å². The van der Waals surface area contributed by atoms with Crippen LogP contribution in [0.2, 0.25) is 0 Å². The minimum atomic E-state index is -0.511. The van der Waals surface area contributed by atoms with Crippen molar-refractivity contribution in [1.82, 2.24) is 9.97 Å². The highest BCUT2D eigenvalue weighted by Crippen LogP contribution is 2.10. The molecule has 0 amide bonds. The van der Waals surface area contributed by atoms with Crippen LogP contribution in [0.25, 0.3) is 0 Å². The number of pyridine rings is 1. The van der Waals surface area contributed by atoms with Gasteiger partial charge in [0.25, 0.3) is 0 Å². The molecule has 2 rings (SSSR count). The first-order chi connectivity index (χ1) is 7.65. The van der Waals surface area contributed by atoms with Crippen molar-refractivity contribution in [3.63, 3.8) is 0 Å². The molecule has 2 heterocycles. The number of aromatic nitrogens is 2. The van der Waals surface area contributed by atoms with Gasteiger partial charge < -0.3 is 9.32 Å². The van der Waals surface area contributed by atoms with E-state index in [0.717, 1.165) is 5.56 Å². The van der Waals surface area contributed by atoms with Gasteiger partial charge in [-0.2, -0.15) is 4.39 Å². The number of aromatic amines is 1. The van der Waals surface area contributed by atoms with E-state index in [4.69, 9.17) is 0 Å². The second kappa shape index (κ2) is 4.18. The topological polar surface area (TPSA) is 62.1 Å². The van der Waals surface area contributed by atoms with Crippen molar-refractivity contribution in [1.29, 1.82) is 0 Å². The van der Waals surface area contributed by atoms with Gasteiger partial charge in [-0.15, -0.1) is 0 Å². The Bertz CT molecular complexity index is 517. The number of rotatable bonds is 3. The predicted octanol–water partition coefficient (Wildman–Crippen LogP) is 1.14. The number of oxazole rings is 1. The first-order valence-corrected chi connectivity index (χ1v) is 4.64. The van der Waals surface area contributed by atoms with Gasteiger partial charge in [0.05, 0.1) is 0 Å². The molecule has 0 radical (unpaired) electrons. The highest BCUT2D eigenvalue weighted by Gasteiger charge is 2.05. The van der Waals surface area contributed by atoms with E-state index in [1.54, 1.807) is 18.0 Å². The van der Waals surface area contributed by atoms with Crippen molar-refractivity contribution < 1.29 is 8.81 Å². The summed E-state index contributed by atoms with van der Waals surface area (Å²) in [6, 6.07) is 2.93. The number of halogens is 1. The van der Waals surface area contributed by atoms with Crippen LogP contribution in [0.4, 0.5) is 10.2 Å². The highest BCUT2D eigenvalue weighted by molar-refractivity contribution is 5.34. The van der Waals surface area contributed by atoms with E-state index in [2.05, 4.69) is 14.4 Å². The minimum absolute atomic E-state index is 0.501. The van der Waals surface area contributed by atoms with Crippen LogP contribution in [0, 0.1) is 5.95 Å². The third kappa shape index (κ3) is 2.28. The van der Waals surface area contributed by atoms with Crippen molar-refractivity contribution in [2.24, 2.45) is 0 Å². The quantitative estimate of drug-likeness (QED) is 0.792. The molecule has 0 unspecified atom stereocenters. The fourth-order valence-corrected chi connectivity index (χ4v) is 1.32. The summed E-state index contributed by atoms with van der Waals surface area (Å²) >= 11 is 0. The van der Waals surface area contributed by atoms with Gasteiger partial charge in [0.1, 0.15) is 12.1 Å². The smallest absolute Gasteiger partial charge is 0.414 e. The molecular formula is C10H10FN3O2. The molecule has 0 fully saturated rings. The number of hydrogen-bond acceptors (Lipinski definition) is 4. The third-order valence-corrected chi connectivity index (χ3v) is 2.13. The fraction of sp³-hybridized carbons (Fsp3) is 0.200. The SMILES string of the molecule is CN(Cc1ccc(F)nc1)c1coc(=O)[nH]1. The summed E-state index contributed by atoms with van der Waals surface area (Å²) in [6.45, 7) is 0.503. The molecule has 0 spiro atoms. The summed E-state index contributed by atoms with van der Waals surface area (Å²) in [5.41, 5.74) is 0.839. The number of anilines is 1. The van der Waals surface area contributed by atoms with Crippen molar-refractivity contribution in [3.8, 4) is 0 Å². The summed E-state index contributed by atoms with van der Waals surface area (Å²) < 4.78 is 17.2. The number of hydrogen-bond donors (Lipinski definition) is 1. The second-order valence-electron chi connectivity index (χ2n) is 3.38. The Hall–Kier alpha value is -2.11. The Morgan fingerprint density at radius 1 is 1.56 bits per heavy atom. The zero-order valence-corrected chi connectivity index (χ0v) is 8.61. The molecule has 0 aliphatic rings. The summed E-state index contributed by atoms with van der Waals surface area (Å²) in [5, 5.41) is 0. The van der Waals surface area contributed by atoms with Crippen molar-refractivity contribution >= 4 is 5.82 Å². The standard InChI is InChI=1S/C10H10FN3O2/c1-14(9-6-16-10(15)13-9)5-7-2-3-8(11)12-4-7/h2-4,6H,5H2,1H3,(H,13,15). The molecule has 0 aliphatic heterocycles. The molecule has 0 aliphatic carbocycles. The summed E-state index contributed by atoms with van der Waals surface area (Å²) in [4.78, 5) is 18.6. The van der Waals surface area contributed by atoms with Crippen molar-refractivity contribution in [2.75, 3.05) is 11.9 Å². The van der Waals surface area contributed by atoms with E-state index < -0.39 is 11.7 Å². The molecular weight excluding hydrogens is 213 g/mol. The third-order valence-electron chi connectivity index (χ3n) is 2.13. The molecule has 1 N–H and O–H groups in total. The Kier molecular flexibility index (Phi) is 2.72. The average Bonchev–Trinajstić information content (AvgIpc) is 2.68. The van der Waals surface area contributed by atoms with Crippen LogP contribution < -0.4 is 10.7 Å². The normalized spacial score (nSPS) is 10.4. The zero-order valence-electron chi connectivity index (χ0n) is 8.61. The van der Waals surface area contributed by atoms with E-state index in [1.165, 1.54) is 18.5 Å². The van der Waals surface area contributed by atoms with Crippen molar-refractivity contribution in [2.45, 2.75) is 6.54 Å². The van der Waals surface area contributed by atoms with E-state index >= 15 is 0 Å². The monoisotopic (exact) mass is 223 g/mol. The van der Waals surface area contributed by atoms with Crippen molar-refractivity contribution in [3.05, 3.63) is 46.7 Å². The van der Waals surface area contributed by atoms with Gasteiger partial charge in [-0.1, -0.05) is 6.07 Å². The first-order valence-electron chi connectivity index (χ1n) is 4.64. The zero-order chi connectivity index (χ0) is 11.5. The fourth-order valence-electron chi connectivity index (χ4n) is 1.32. The Labute approximate surface area is 90.5 Å². The lowest BCUT2D eigenvalue weighted by Crippen LogP contribution is -2.17. The maximum Gasteiger partial charge on any atom is 0.417 e. The van der Waals surface area contributed by atoms with Crippen LogP contribution in [-0.4, -0.2) is 17.0 Å². The first kappa shape index (κ1) is 10.4. The van der Waals surface area contributed by atoms with Crippen LogP contribution in [-0.2, 0) is 6.54 Å². The molecule has 0 atom stereocenters. The molecule has 0 saturated carbocycles.